The number of carbonyl (C=O) groups excluding carboxylic acids is 4. The molecule has 9 atom stereocenters. The molecule has 336 valence electrons. The molecule has 16 heteroatoms. The minimum Gasteiger partial charge on any atom is -0.463 e. The van der Waals surface area contributed by atoms with E-state index in [4.69, 9.17) is 45.4 Å². The lowest BCUT2D eigenvalue weighted by Crippen LogP contribution is -2.62. The fourth-order valence-electron chi connectivity index (χ4n) is 8.25. The quantitative estimate of drug-likeness (QED) is 0.0698. The summed E-state index contributed by atoms with van der Waals surface area (Å²) in [6.07, 6.45) is -5.48. The van der Waals surface area contributed by atoms with Crippen molar-refractivity contribution < 1.29 is 57.4 Å². The molecule has 64 heavy (non-hydrogen) atoms. The molecule has 1 aromatic heterocycles. The van der Waals surface area contributed by atoms with E-state index in [-0.39, 0.29) is 31.7 Å². The van der Waals surface area contributed by atoms with Crippen molar-refractivity contribution in [2.24, 2.45) is 0 Å². The first kappa shape index (κ1) is 46.0. The predicted molar refractivity (Wildman–Crippen MR) is 235 cm³/mol. The summed E-state index contributed by atoms with van der Waals surface area (Å²) in [6.45, 7) is 5.15. The predicted octanol–water partition coefficient (Wildman–Crippen LogP) is 6.10. The number of hydrogen-bond donors (Lipinski definition) is 2. The Bertz CT molecular complexity index is 2410. The third-order valence-corrected chi connectivity index (χ3v) is 11.4. The number of nitrogens with one attached hydrogen (secondary N) is 1. The number of nitrogens with zero attached hydrogens (tertiary/aromatic N) is 2. The van der Waals surface area contributed by atoms with Gasteiger partial charge in [-0.2, -0.15) is 0 Å². The van der Waals surface area contributed by atoms with Crippen LogP contribution in [0.4, 0.5) is 0 Å². The summed E-state index contributed by atoms with van der Waals surface area (Å²) >= 11 is 5.74. The number of hydrogen-bond acceptors (Lipinski definition) is 14. The average Bonchev–Trinajstić information content (AvgIpc) is 3.69. The SMILES string of the molecule is CC(=O)OC[C@H]1O[C@@H](CC(=S)NCc2ccc(C3O[C@H](Cn4cnc5ccccc54)[C@@H](c4ccccc4)[C@H](c4ccc(CO)cc4)O3)cc2)[C@H](OC(C)=O)[C@@H](OC(C)=O)[C@@H]1OC(C)=O. The second-order valence-corrected chi connectivity index (χ2v) is 16.2. The number of fused-ring (bicyclic) bond motifs is 1. The number of benzene rings is 4. The maximum Gasteiger partial charge on any atom is 0.303 e. The van der Waals surface area contributed by atoms with Crippen LogP contribution in [0, 0.1) is 0 Å². The Hall–Kier alpha value is -6.04. The summed E-state index contributed by atoms with van der Waals surface area (Å²) in [7, 11) is 0. The van der Waals surface area contributed by atoms with Gasteiger partial charge in [0.2, 0.25) is 0 Å². The van der Waals surface area contributed by atoms with Crippen LogP contribution in [-0.2, 0) is 72.0 Å². The third-order valence-electron chi connectivity index (χ3n) is 11.1. The number of esters is 4. The van der Waals surface area contributed by atoms with Crippen molar-refractivity contribution in [3.8, 4) is 0 Å². The molecule has 2 aliphatic rings. The summed E-state index contributed by atoms with van der Waals surface area (Å²) in [4.78, 5) is 53.4. The summed E-state index contributed by atoms with van der Waals surface area (Å²) < 4.78 is 44.1. The van der Waals surface area contributed by atoms with E-state index in [1.54, 1.807) is 0 Å². The van der Waals surface area contributed by atoms with Gasteiger partial charge in [0.15, 0.2) is 24.6 Å². The molecule has 2 aliphatic heterocycles. The van der Waals surface area contributed by atoms with Crippen molar-refractivity contribution in [2.75, 3.05) is 6.61 Å². The molecule has 7 rings (SSSR count). The molecule has 0 radical (unpaired) electrons. The Labute approximate surface area is 375 Å². The molecule has 5 aromatic rings. The largest absolute Gasteiger partial charge is 0.463 e. The Morgan fingerprint density at radius 2 is 1.28 bits per heavy atom. The molecule has 4 aromatic carbocycles. The molecular weight excluding hydrogens is 843 g/mol. The van der Waals surface area contributed by atoms with E-state index < -0.39 is 66.8 Å². The van der Waals surface area contributed by atoms with E-state index in [1.807, 2.05) is 97.3 Å². The molecular formula is C48H51N3O12S. The molecule has 15 nitrogen and oxygen atoms in total. The highest BCUT2D eigenvalue weighted by Crippen LogP contribution is 2.47. The maximum atomic E-state index is 12.3. The van der Waals surface area contributed by atoms with E-state index in [0.29, 0.717) is 18.1 Å². The van der Waals surface area contributed by atoms with Gasteiger partial charge in [-0.05, 0) is 34.4 Å². The Morgan fingerprint density at radius 1 is 0.672 bits per heavy atom. The number of ether oxygens (including phenoxy) is 7. The van der Waals surface area contributed by atoms with Crippen molar-refractivity contribution in [2.45, 2.75) is 109 Å². The van der Waals surface area contributed by atoms with E-state index in [0.717, 1.165) is 38.9 Å². The number of rotatable bonds is 15. The first-order valence-electron chi connectivity index (χ1n) is 21.0. The Balaban J connectivity index is 1.10. The standard InChI is InChI=1S/C48H51N3O12S/c1-28(53)57-26-41-46(59-30(3)55)47(60-31(4)56)45(58-29(2)54)39(61-41)22-42(64)49-23-32-14-20-36(21-15-32)48-62-40(24-51-27-50-37-12-8-9-13-38(37)51)43(34-10-6-5-7-11-34)44(63-48)35-18-16-33(25-52)17-19-35/h5-21,27,39-41,43-48,52H,22-26H2,1-4H3,(H,49,64)/t39-,40+,41+,43+,44-,45-,46+,47+,48?/m0/s1. The summed E-state index contributed by atoms with van der Waals surface area (Å²) in [5.41, 5.74) is 6.37. The van der Waals surface area contributed by atoms with Gasteiger partial charge >= 0.3 is 23.9 Å². The minimum atomic E-state index is -1.29. The normalized spacial score (nSPS) is 24.3. The molecule has 0 saturated carbocycles. The lowest BCUT2D eigenvalue weighted by Gasteiger charge is -2.44. The smallest absolute Gasteiger partial charge is 0.303 e. The fraction of sp³-hybridized carbons (Fsp3) is 0.375. The van der Waals surface area contributed by atoms with Gasteiger partial charge in [0.05, 0.1) is 47.7 Å². The number of thiocarbonyl (C=S) groups is 1. The van der Waals surface area contributed by atoms with Crippen LogP contribution >= 0.6 is 12.2 Å². The number of carbonyl (C=O) groups is 4. The van der Waals surface area contributed by atoms with Gasteiger partial charge in [-0.25, -0.2) is 4.98 Å². The highest BCUT2D eigenvalue weighted by molar-refractivity contribution is 7.80. The van der Waals surface area contributed by atoms with E-state index >= 15 is 0 Å². The topological polar surface area (TPSA) is 183 Å². The number of aliphatic hydroxyl groups is 1. The van der Waals surface area contributed by atoms with Crippen LogP contribution in [0.1, 0.15) is 80.2 Å². The van der Waals surface area contributed by atoms with Crippen molar-refractivity contribution >= 4 is 52.1 Å². The van der Waals surface area contributed by atoms with Gasteiger partial charge in [-0.1, -0.05) is 103 Å². The maximum absolute atomic E-state index is 12.3. The number of aromatic nitrogens is 2. The molecule has 1 unspecified atom stereocenters. The zero-order valence-electron chi connectivity index (χ0n) is 35.9. The molecule has 2 saturated heterocycles. The van der Waals surface area contributed by atoms with Crippen LogP contribution in [-0.4, -0.2) is 86.8 Å². The van der Waals surface area contributed by atoms with Gasteiger partial charge < -0.3 is 48.1 Å². The van der Waals surface area contributed by atoms with Crippen LogP contribution in [0.25, 0.3) is 11.0 Å². The third kappa shape index (κ3) is 11.4. The molecule has 0 bridgehead atoms. The van der Waals surface area contributed by atoms with Gasteiger partial charge in [-0.15, -0.1) is 0 Å². The van der Waals surface area contributed by atoms with E-state index in [1.165, 1.54) is 27.7 Å². The van der Waals surface area contributed by atoms with Crippen LogP contribution in [0.3, 0.4) is 0 Å². The highest BCUT2D eigenvalue weighted by atomic mass is 32.1. The minimum absolute atomic E-state index is 0.00703. The van der Waals surface area contributed by atoms with E-state index in [2.05, 4.69) is 27.0 Å². The first-order valence-corrected chi connectivity index (χ1v) is 21.4. The molecule has 0 amide bonds. The molecule has 0 spiro atoms. The average molecular weight is 894 g/mol. The van der Waals surface area contributed by atoms with Crippen molar-refractivity contribution in [1.29, 1.82) is 0 Å². The molecule has 2 fully saturated rings. The summed E-state index contributed by atoms with van der Waals surface area (Å²) in [6, 6.07) is 33.8. The van der Waals surface area contributed by atoms with Crippen molar-refractivity contribution in [1.82, 2.24) is 14.9 Å². The van der Waals surface area contributed by atoms with Gasteiger partial charge in [0, 0.05) is 52.1 Å². The zero-order valence-corrected chi connectivity index (χ0v) is 36.7. The fourth-order valence-corrected chi connectivity index (χ4v) is 8.48. The van der Waals surface area contributed by atoms with Crippen molar-refractivity contribution in [3.63, 3.8) is 0 Å². The Morgan fingerprint density at radius 3 is 1.94 bits per heavy atom. The van der Waals surface area contributed by atoms with Crippen LogP contribution in [0.5, 0.6) is 0 Å². The first-order chi connectivity index (χ1) is 30.9. The number of imidazole rings is 1. The number of para-hydroxylation sites is 2. The summed E-state index contributed by atoms with van der Waals surface area (Å²) in [5.74, 6) is -2.93. The van der Waals surface area contributed by atoms with Crippen molar-refractivity contribution in [3.05, 3.63) is 137 Å². The van der Waals surface area contributed by atoms with Gasteiger partial charge in [0.25, 0.3) is 0 Å². The lowest BCUT2D eigenvalue weighted by molar-refractivity contribution is -0.263. The zero-order chi connectivity index (χ0) is 45.3. The molecule has 3 heterocycles. The second kappa shape index (κ2) is 21.1. The van der Waals surface area contributed by atoms with Gasteiger partial charge in [-0.3, -0.25) is 19.2 Å². The van der Waals surface area contributed by atoms with Crippen LogP contribution in [0.15, 0.2) is 109 Å². The van der Waals surface area contributed by atoms with Gasteiger partial charge in [0.1, 0.15) is 18.8 Å². The van der Waals surface area contributed by atoms with Crippen LogP contribution in [0.2, 0.25) is 0 Å². The number of aliphatic hydroxyl groups excluding tert-OH is 1. The second-order valence-electron chi connectivity index (χ2n) is 15.7. The monoisotopic (exact) mass is 893 g/mol. The van der Waals surface area contributed by atoms with Crippen LogP contribution < -0.4 is 5.32 Å². The van der Waals surface area contributed by atoms with E-state index in [9.17, 15) is 24.3 Å². The molecule has 2 N–H and O–H groups in total. The molecule has 0 aliphatic carbocycles. The summed E-state index contributed by atoms with van der Waals surface area (Å²) in [5, 5.41) is 13.0. The Kier molecular flexibility index (Phi) is 15.1. The lowest BCUT2D eigenvalue weighted by atomic mass is 9.83. The highest BCUT2D eigenvalue weighted by Gasteiger charge is 2.52.